The van der Waals surface area contributed by atoms with Gasteiger partial charge in [0, 0.05) is 34.8 Å². The first-order valence-electron chi connectivity index (χ1n) is 11.9. The molecule has 5 aromatic rings. The monoisotopic (exact) mass is 525 g/mol. The highest BCUT2D eigenvalue weighted by Crippen LogP contribution is 2.29. The Morgan fingerprint density at radius 2 is 1.79 bits per heavy atom. The number of benzene rings is 2. The van der Waals surface area contributed by atoms with Crippen molar-refractivity contribution < 1.29 is 18.7 Å². The highest BCUT2D eigenvalue weighted by molar-refractivity contribution is 7.13. The second-order valence-electron chi connectivity index (χ2n) is 8.63. The number of halogens is 1. The highest BCUT2D eigenvalue weighted by atomic mass is 32.1. The number of rotatable bonds is 8. The summed E-state index contributed by atoms with van der Waals surface area (Å²) in [6, 6.07) is 21.6. The fraction of sp³-hybridized carbons (Fsp3) is 0.100. The summed E-state index contributed by atoms with van der Waals surface area (Å²) < 4.78 is 23.0. The van der Waals surface area contributed by atoms with Crippen molar-refractivity contribution in [1.82, 2.24) is 14.3 Å². The molecule has 0 saturated heterocycles. The second kappa shape index (κ2) is 10.8. The number of ketones is 1. The van der Waals surface area contributed by atoms with E-state index >= 15 is 0 Å². The average Bonchev–Trinajstić information content (AvgIpc) is 3.66. The quantitative estimate of drug-likeness (QED) is 0.130. The minimum Gasteiger partial charge on any atom is -0.454 e. The van der Waals surface area contributed by atoms with Gasteiger partial charge in [-0.15, -0.1) is 11.3 Å². The number of nitrogens with zero attached hydrogens (tertiary/aromatic N) is 3. The first-order chi connectivity index (χ1) is 18.4. The maximum atomic E-state index is 14.4. The summed E-state index contributed by atoms with van der Waals surface area (Å²) in [6.45, 7) is 3.11. The number of aryl methyl sites for hydroxylation is 1. The van der Waals surface area contributed by atoms with E-state index in [-0.39, 0.29) is 11.6 Å². The lowest BCUT2D eigenvalue weighted by Gasteiger charge is -2.10. The summed E-state index contributed by atoms with van der Waals surface area (Å²) in [6.07, 6.45) is 4.77. The van der Waals surface area contributed by atoms with Gasteiger partial charge in [-0.3, -0.25) is 4.79 Å². The smallest absolute Gasteiger partial charge is 0.331 e. The van der Waals surface area contributed by atoms with Crippen molar-refractivity contribution >= 4 is 29.2 Å². The Hall–Kier alpha value is -4.56. The molecule has 3 heterocycles. The van der Waals surface area contributed by atoms with E-state index in [0.717, 1.165) is 21.8 Å². The van der Waals surface area contributed by atoms with Crippen molar-refractivity contribution in [3.63, 3.8) is 0 Å². The summed E-state index contributed by atoms with van der Waals surface area (Å²) in [7, 11) is 0. The number of aromatic nitrogens is 3. The van der Waals surface area contributed by atoms with Gasteiger partial charge in [0.25, 0.3) is 0 Å². The Balaban J connectivity index is 1.31. The van der Waals surface area contributed by atoms with Crippen LogP contribution in [-0.4, -0.2) is 32.7 Å². The van der Waals surface area contributed by atoms with Crippen LogP contribution in [0.15, 0.2) is 90.4 Å². The van der Waals surface area contributed by atoms with E-state index in [0.29, 0.717) is 22.6 Å². The van der Waals surface area contributed by atoms with Gasteiger partial charge >= 0.3 is 5.97 Å². The van der Waals surface area contributed by atoms with Crippen LogP contribution < -0.4 is 0 Å². The van der Waals surface area contributed by atoms with Gasteiger partial charge in [0.05, 0.1) is 16.3 Å². The molecule has 2 aromatic carbocycles. The maximum Gasteiger partial charge on any atom is 0.331 e. The molecule has 8 heteroatoms. The van der Waals surface area contributed by atoms with Crippen LogP contribution in [0.5, 0.6) is 0 Å². The Kier molecular flexibility index (Phi) is 7.15. The molecule has 0 saturated carbocycles. The minimum absolute atomic E-state index is 0.360. The molecule has 0 bridgehead atoms. The third-order valence-electron chi connectivity index (χ3n) is 6.09. The Morgan fingerprint density at radius 1 is 1.03 bits per heavy atom. The molecular weight excluding hydrogens is 501 g/mol. The number of esters is 1. The molecule has 0 aliphatic rings. The molecule has 0 amide bonds. The van der Waals surface area contributed by atoms with E-state index in [2.05, 4.69) is 0 Å². The van der Waals surface area contributed by atoms with Gasteiger partial charge in [0.1, 0.15) is 11.5 Å². The lowest BCUT2D eigenvalue weighted by Crippen LogP contribution is -2.13. The van der Waals surface area contributed by atoms with E-state index in [1.54, 1.807) is 64.8 Å². The van der Waals surface area contributed by atoms with Gasteiger partial charge in [-0.2, -0.15) is 5.10 Å². The lowest BCUT2D eigenvalue weighted by molar-refractivity contribution is -0.136. The van der Waals surface area contributed by atoms with Crippen molar-refractivity contribution in [3.8, 4) is 21.9 Å². The summed E-state index contributed by atoms with van der Waals surface area (Å²) in [5, 5.41) is 6.67. The molecule has 0 fully saturated rings. The molecule has 0 aliphatic carbocycles. The Morgan fingerprint density at radius 3 is 2.53 bits per heavy atom. The summed E-state index contributed by atoms with van der Waals surface area (Å²) >= 11 is 1.55. The fourth-order valence-electron chi connectivity index (χ4n) is 4.30. The molecule has 5 rings (SSSR count). The molecule has 0 N–H and O–H groups in total. The minimum atomic E-state index is -0.647. The van der Waals surface area contributed by atoms with Crippen LogP contribution in [0.1, 0.15) is 27.3 Å². The lowest BCUT2D eigenvalue weighted by atomic mass is 10.1. The van der Waals surface area contributed by atoms with Crippen molar-refractivity contribution in [2.24, 2.45) is 0 Å². The van der Waals surface area contributed by atoms with Gasteiger partial charge in [-0.1, -0.05) is 36.4 Å². The molecular formula is C30H24FN3O3S. The van der Waals surface area contributed by atoms with E-state index in [1.807, 2.05) is 54.0 Å². The summed E-state index contributed by atoms with van der Waals surface area (Å²) in [5.41, 5.74) is 4.41. The number of ether oxygens (including phenoxy) is 1. The first kappa shape index (κ1) is 25.1. The van der Waals surface area contributed by atoms with Crippen LogP contribution in [-0.2, 0) is 9.53 Å². The predicted octanol–water partition coefficient (Wildman–Crippen LogP) is 6.59. The fourth-order valence-corrected chi connectivity index (χ4v) is 5.03. The summed E-state index contributed by atoms with van der Waals surface area (Å²) in [4.78, 5) is 26.4. The van der Waals surface area contributed by atoms with Gasteiger partial charge in [-0.25, -0.2) is 13.9 Å². The molecule has 0 radical (unpaired) electrons. The number of carbonyl (C=O) groups is 2. The zero-order chi connectivity index (χ0) is 26.6. The largest absolute Gasteiger partial charge is 0.454 e. The van der Waals surface area contributed by atoms with Gasteiger partial charge in [0.2, 0.25) is 5.78 Å². The van der Waals surface area contributed by atoms with Crippen LogP contribution in [0.3, 0.4) is 0 Å². The van der Waals surface area contributed by atoms with E-state index in [1.165, 1.54) is 12.1 Å². The zero-order valence-corrected chi connectivity index (χ0v) is 21.6. The molecule has 0 spiro atoms. The third-order valence-corrected chi connectivity index (χ3v) is 6.96. The molecule has 0 aliphatic heterocycles. The number of carbonyl (C=O) groups excluding carboxylic acids is 2. The predicted molar refractivity (Wildman–Crippen MR) is 146 cm³/mol. The Bertz CT molecular complexity index is 1630. The summed E-state index contributed by atoms with van der Waals surface area (Å²) in [5.74, 6) is -1.40. The zero-order valence-electron chi connectivity index (χ0n) is 20.8. The Labute approximate surface area is 223 Å². The van der Waals surface area contributed by atoms with Gasteiger partial charge in [-0.05, 0) is 61.7 Å². The first-order valence-corrected chi connectivity index (χ1v) is 12.8. The van der Waals surface area contributed by atoms with Crippen molar-refractivity contribution in [2.75, 3.05) is 6.61 Å². The second-order valence-corrected chi connectivity index (χ2v) is 9.57. The molecule has 0 atom stereocenters. The molecule has 190 valence electrons. The molecule has 0 unspecified atom stereocenters. The van der Waals surface area contributed by atoms with E-state index < -0.39 is 12.6 Å². The standard InChI is InChI=1S/C30H24FN3O3S/c1-20-17-24(21(2)34(20)26-12-7-6-11-25(26)31)27(35)19-37-29(36)15-14-22-18-33(23-9-4-3-5-10-23)32-30(22)28-13-8-16-38-28/h3-18H,19H2,1-2H3. The molecule has 6 nitrogen and oxygen atoms in total. The van der Waals surface area contributed by atoms with Crippen LogP contribution in [0.2, 0.25) is 0 Å². The van der Waals surface area contributed by atoms with Crippen molar-refractivity contribution in [1.29, 1.82) is 0 Å². The third kappa shape index (κ3) is 5.12. The number of thiophene rings is 1. The van der Waals surface area contributed by atoms with Gasteiger partial charge < -0.3 is 9.30 Å². The van der Waals surface area contributed by atoms with Gasteiger partial charge in [0.15, 0.2) is 6.61 Å². The molecule has 38 heavy (non-hydrogen) atoms. The number of Topliss-reactive ketones (excluding diaryl/α,β-unsaturated/α-hetero) is 1. The van der Waals surface area contributed by atoms with Crippen LogP contribution in [0.25, 0.3) is 28.0 Å². The normalized spacial score (nSPS) is 11.2. The highest BCUT2D eigenvalue weighted by Gasteiger charge is 2.19. The van der Waals surface area contributed by atoms with Crippen molar-refractivity contribution in [3.05, 3.63) is 119 Å². The maximum absolute atomic E-state index is 14.4. The van der Waals surface area contributed by atoms with Crippen LogP contribution >= 0.6 is 11.3 Å². The SMILES string of the molecule is Cc1cc(C(=O)COC(=O)C=Cc2cn(-c3ccccc3)nc2-c2cccs2)c(C)n1-c1ccccc1F. The van der Waals surface area contributed by atoms with E-state index in [9.17, 15) is 14.0 Å². The average molecular weight is 526 g/mol. The molecule has 3 aromatic heterocycles. The van der Waals surface area contributed by atoms with E-state index in [4.69, 9.17) is 9.84 Å². The van der Waals surface area contributed by atoms with Crippen LogP contribution in [0.4, 0.5) is 4.39 Å². The number of para-hydroxylation sites is 2. The van der Waals surface area contributed by atoms with Crippen molar-refractivity contribution in [2.45, 2.75) is 13.8 Å². The number of hydrogen-bond acceptors (Lipinski definition) is 5. The number of hydrogen-bond donors (Lipinski definition) is 0. The topological polar surface area (TPSA) is 66.1 Å². The van der Waals surface area contributed by atoms with Crippen LogP contribution in [0, 0.1) is 19.7 Å².